The number of thiophene rings is 1. The lowest BCUT2D eigenvalue weighted by atomic mass is 10.00. The van der Waals surface area contributed by atoms with E-state index in [2.05, 4.69) is 22.8 Å². The van der Waals surface area contributed by atoms with Crippen molar-refractivity contribution in [2.75, 3.05) is 0 Å². The zero-order chi connectivity index (χ0) is 22.0. The lowest BCUT2D eigenvalue weighted by Crippen LogP contribution is -2.00. The fraction of sp³-hybridized carbons (Fsp3) is 0.120. The van der Waals surface area contributed by atoms with Crippen LogP contribution in [0.1, 0.15) is 36.7 Å². The quantitative estimate of drug-likeness (QED) is 0.230. The fourth-order valence-corrected chi connectivity index (χ4v) is 5.79. The van der Waals surface area contributed by atoms with E-state index in [0.717, 1.165) is 26.4 Å². The molecule has 6 heteroatoms. The summed E-state index contributed by atoms with van der Waals surface area (Å²) in [6.45, 7) is 3.51. The van der Waals surface area contributed by atoms with Crippen LogP contribution in [0.25, 0.3) is 27.6 Å². The predicted molar refractivity (Wildman–Crippen MR) is 129 cm³/mol. The minimum absolute atomic E-state index is 0.136. The summed E-state index contributed by atoms with van der Waals surface area (Å²) in [5, 5.41) is 0.692. The highest BCUT2D eigenvalue weighted by Gasteiger charge is 2.38. The molecular weight excluding hydrogens is 449 g/mol. The van der Waals surface area contributed by atoms with Crippen molar-refractivity contribution in [3.63, 3.8) is 0 Å². The highest BCUT2D eigenvalue weighted by atomic mass is 35.5. The van der Waals surface area contributed by atoms with Crippen LogP contribution in [0.4, 0.5) is 0 Å². The highest BCUT2D eigenvalue weighted by Crippen LogP contribution is 2.42. The molecule has 4 aromatic rings. The Morgan fingerprint density at radius 1 is 0.903 bits per heavy atom. The van der Waals surface area contributed by atoms with Crippen LogP contribution in [-0.4, -0.2) is 16.1 Å². The van der Waals surface area contributed by atoms with Crippen molar-refractivity contribution < 1.29 is 9.59 Å². The Bertz CT molecular complexity index is 1410. The van der Waals surface area contributed by atoms with Crippen LogP contribution in [0, 0.1) is 13.8 Å². The van der Waals surface area contributed by atoms with Crippen LogP contribution in [0.3, 0.4) is 0 Å². The minimum Gasteiger partial charge on any atom is -0.343 e. The first kappa shape index (κ1) is 20.3. The van der Waals surface area contributed by atoms with Gasteiger partial charge >= 0.3 is 0 Å². The van der Waals surface area contributed by atoms with E-state index in [1.165, 1.54) is 0 Å². The molecule has 0 aliphatic heterocycles. The number of halogens is 2. The van der Waals surface area contributed by atoms with Crippen molar-refractivity contribution in [3.8, 4) is 11.3 Å². The van der Waals surface area contributed by atoms with Crippen LogP contribution >= 0.6 is 34.5 Å². The van der Waals surface area contributed by atoms with Gasteiger partial charge in [0.15, 0.2) is 11.6 Å². The molecular formula is C25H17Cl2NO2S. The van der Waals surface area contributed by atoms with Crippen LogP contribution in [0.2, 0.25) is 10.0 Å². The van der Waals surface area contributed by atoms with Gasteiger partial charge in [-0.1, -0.05) is 53.5 Å². The smallest absolute Gasteiger partial charge is 0.199 e. The number of allylic oxidation sites excluding steroid dienone is 1. The van der Waals surface area contributed by atoms with Gasteiger partial charge in [0.2, 0.25) is 0 Å². The molecule has 0 atom stereocenters. The van der Waals surface area contributed by atoms with E-state index < -0.39 is 0 Å². The summed E-state index contributed by atoms with van der Waals surface area (Å²) in [5.74, 6) is -0.654. The molecule has 2 aromatic carbocycles. The zero-order valence-electron chi connectivity index (χ0n) is 17.0. The molecule has 0 saturated heterocycles. The zero-order valence-corrected chi connectivity index (χ0v) is 19.4. The molecule has 0 saturated carbocycles. The summed E-state index contributed by atoms with van der Waals surface area (Å²) in [4.78, 5) is 27.0. The van der Waals surface area contributed by atoms with Crippen LogP contribution in [-0.2, 0) is 7.05 Å². The van der Waals surface area contributed by atoms with Crippen molar-refractivity contribution >= 4 is 62.4 Å². The van der Waals surface area contributed by atoms with Gasteiger partial charge in [-0.2, -0.15) is 0 Å². The molecule has 1 aliphatic carbocycles. The van der Waals surface area contributed by atoms with Gasteiger partial charge in [-0.25, -0.2) is 0 Å². The number of aryl methyl sites for hydroxylation is 1. The molecule has 0 fully saturated rings. The molecule has 1 aliphatic rings. The van der Waals surface area contributed by atoms with Crippen molar-refractivity contribution in [2.24, 2.45) is 7.05 Å². The first-order valence-corrected chi connectivity index (χ1v) is 11.3. The summed E-state index contributed by atoms with van der Waals surface area (Å²) in [6, 6.07) is 14.3. The number of Topliss-reactive ketones (excluding diaryl/α,β-unsaturated/α-hetero) is 2. The number of hydrogen-bond donors (Lipinski definition) is 0. The summed E-state index contributed by atoms with van der Waals surface area (Å²) in [6.07, 6.45) is 1.68. The predicted octanol–water partition coefficient (Wildman–Crippen LogP) is 7.29. The molecule has 31 heavy (non-hydrogen) atoms. The third-order valence-electron chi connectivity index (χ3n) is 5.88. The van der Waals surface area contributed by atoms with Crippen LogP contribution in [0.5, 0.6) is 0 Å². The van der Waals surface area contributed by atoms with Crippen LogP contribution in [0.15, 0.2) is 48.0 Å². The maximum absolute atomic E-state index is 13.1. The maximum atomic E-state index is 13.1. The number of nitrogens with zero attached hydrogens (tertiary/aromatic N) is 1. The summed E-state index contributed by atoms with van der Waals surface area (Å²) < 4.78 is 3.22. The minimum atomic E-state index is -0.338. The van der Waals surface area contributed by atoms with Gasteiger partial charge < -0.3 is 4.57 Å². The van der Waals surface area contributed by atoms with Crippen molar-refractivity contribution in [1.29, 1.82) is 0 Å². The molecule has 2 aromatic heterocycles. The average Bonchev–Trinajstić information content (AvgIpc) is 3.38. The normalized spacial score (nSPS) is 14.8. The second kappa shape index (κ2) is 7.20. The second-order valence-electron chi connectivity index (χ2n) is 7.70. The SMILES string of the molecule is Cc1c(Cl)c(C)c2c(c1Cl)C(=O)/C(=C/c1cc3c(cc(-c4ccccc4)n3C)s1)C2=O. The molecule has 0 unspecified atom stereocenters. The Morgan fingerprint density at radius 2 is 1.58 bits per heavy atom. The van der Waals surface area contributed by atoms with E-state index >= 15 is 0 Å². The molecule has 0 bridgehead atoms. The van der Waals surface area contributed by atoms with Gasteiger partial charge in [0, 0.05) is 28.2 Å². The average molecular weight is 466 g/mol. The first-order valence-electron chi connectivity index (χ1n) is 9.73. The number of carbonyl (C=O) groups is 2. The van der Waals surface area contributed by atoms with Gasteiger partial charge in [0.25, 0.3) is 0 Å². The third-order valence-corrected chi connectivity index (χ3v) is 7.94. The number of carbonyl (C=O) groups excluding carboxylic acids is 2. The number of hydrogen-bond acceptors (Lipinski definition) is 3. The van der Waals surface area contributed by atoms with E-state index in [9.17, 15) is 9.59 Å². The summed E-state index contributed by atoms with van der Waals surface area (Å²) >= 11 is 14.3. The van der Waals surface area contributed by atoms with Gasteiger partial charge in [-0.3, -0.25) is 9.59 Å². The Balaban J connectivity index is 1.60. The van der Waals surface area contributed by atoms with Gasteiger partial charge in [-0.05, 0) is 48.7 Å². The fourth-order valence-electron chi connectivity index (χ4n) is 4.20. The molecule has 0 spiro atoms. The summed E-state index contributed by atoms with van der Waals surface area (Å²) in [7, 11) is 2.02. The molecule has 0 amide bonds. The van der Waals surface area contributed by atoms with Crippen molar-refractivity contribution in [1.82, 2.24) is 4.57 Å². The van der Waals surface area contributed by atoms with E-state index in [0.29, 0.717) is 21.7 Å². The summed E-state index contributed by atoms with van der Waals surface area (Å²) in [5.41, 5.74) is 5.27. The number of ketones is 2. The standard InChI is InChI=1S/C25H17Cl2NO2S/c1-12-20-21(23(27)13(2)22(12)26)25(30)16(24(20)29)9-15-10-18-19(31-15)11-17(28(18)3)14-7-5-4-6-8-14/h4-11H,1-3H3/b16-9+. The lowest BCUT2D eigenvalue weighted by molar-refractivity contribution is 0.0990. The Morgan fingerprint density at radius 3 is 2.26 bits per heavy atom. The van der Waals surface area contributed by atoms with Crippen molar-refractivity contribution in [3.05, 3.63) is 85.2 Å². The topological polar surface area (TPSA) is 39.1 Å². The van der Waals surface area contributed by atoms with E-state index in [4.69, 9.17) is 23.2 Å². The second-order valence-corrected chi connectivity index (χ2v) is 9.57. The van der Waals surface area contributed by atoms with E-state index in [-0.39, 0.29) is 27.7 Å². The lowest BCUT2D eigenvalue weighted by Gasteiger charge is -2.10. The first-order chi connectivity index (χ1) is 14.8. The molecule has 5 rings (SSSR count). The van der Waals surface area contributed by atoms with Crippen LogP contribution < -0.4 is 0 Å². The monoisotopic (exact) mass is 465 g/mol. The Kier molecular flexibility index (Phi) is 4.70. The number of rotatable bonds is 2. The Labute approximate surface area is 193 Å². The third kappa shape index (κ3) is 2.93. The molecule has 154 valence electrons. The molecule has 0 radical (unpaired) electrons. The van der Waals surface area contributed by atoms with Gasteiger partial charge in [-0.15, -0.1) is 11.3 Å². The Hall–Kier alpha value is -2.66. The van der Waals surface area contributed by atoms with Gasteiger partial charge in [0.1, 0.15) is 0 Å². The number of benzene rings is 2. The highest BCUT2D eigenvalue weighted by molar-refractivity contribution is 7.19. The van der Waals surface area contributed by atoms with E-state index in [1.54, 1.807) is 31.3 Å². The van der Waals surface area contributed by atoms with Gasteiger partial charge in [0.05, 0.1) is 26.4 Å². The molecule has 3 nitrogen and oxygen atoms in total. The molecule has 0 N–H and O–H groups in total. The maximum Gasteiger partial charge on any atom is 0.199 e. The largest absolute Gasteiger partial charge is 0.343 e. The van der Waals surface area contributed by atoms with E-state index in [1.807, 2.05) is 31.3 Å². The van der Waals surface area contributed by atoms with Crippen molar-refractivity contribution in [2.45, 2.75) is 13.8 Å². The number of aromatic nitrogens is 1. The molecule has 2 heterocycles. The number of fused-ring (bicyclic) bond motifs is 2.